The van der Waals surface area contributed by atoms with Crippen molar-refractivity contribution in [2.24, 2.45) is 11.8 Å². The van der Waals surface area contributed by atoms with Gasteiger partial charge in [0.25, 0.3) is 0 Å². The second kappa shape index (κ2) is 7.92. The Morgan fingerprint density at radius 1 is 1.25 bits per heavy atom. The van der Waals surface area contributed by atoms with Crippen LogP contribution in [-0.4, -0.2) is 29.2 Å². The highest BCUT2D eigenvalue weighted by Gasteiger charge is 2.25. The number of nitrogens with one attached hydrogen (secondary N) is 2. The highest BCUT2D eigenvalue weighted by atomic mass is 16.4. The molecule has 0 saturated heterocycles. The van der Waals surface area contributed by atoms with Gasteiger partial charge in [0.15, 0.2) is 0 Å². The number of carbonyl (C=O) groups excluding carboxylic acids is 1. The lowest BCUT2D eigenvalue weighted by Crippen LogP contribution is -2.44. The largest absolute Gasteiger partial charge is 0.481 e. The van der Waals surface area contributed by atoms with E-state index in [0.29, 0.717) is 12.3 Å². The molecule has 0 bridgehead atoms. The molecule has 0 aromatic heterocycles. The van der Waals surface area contributed by atoms with Crippen molar-refractivity contribution in [2.45, 2.75) is 58.5 Å². The zero-order valence-corrected chi connectivity index (χ0v) is 12.6. The van der Waals surface area contributed by atoms with Gasteiger partial charge in [0.1, 0.15) is 0 Å². The Balaban J connectivity index is 2.20. The first-order chi connectivity index (χ1) is 9.38. The van der Waals surface area contributed by atoms with Crippen LogP contribution in [0.15, 0.2) is 12.2 Å². The van der Waals surface area contributed by atoms with Gasteiger partial charge in [0.2, 0.25) is 0 Å². The summed E-state index contributed by atoms with van der Waals surface area (Å²) in [5, 5.41) is 14.6. The third kappa shape index (κ3) is 6.08. The van der Waals surface area contributed by atoms with E-state index in [1.807, 2.05) is 6.92 Å². The first-order valence-electron chi connectivity index (χ1n) is 7.36. The van der Waals surface area contributed by atoms with Crippen LogP contribution in [0.5, 0.6) is 0 Å². The zero-order valence-electron chi connectivity index (χ0n) is 12.6. The van der Waals surface area contributed by atoms with Crippen LogP contribution >= 0.6 is 0 Å². The minimum atomic E-state index is -0.840. The lowest BCUT2D eigenvalue weighted by atomic mass is 10.0. The second-order valence-corrected chi connectivity index (χ2v) is 6.02. The summed E-state index contributed by atoms with van der Waals surface area (Å²) < 4.78 is 0. The molecule has 3 unspecified atom stereocenters. The zero-order chi connectivity index (χ0) is 15.1. The molecule has 0 aromatic carbocycles. The Labute approximate surface area is 120 Å². The molecule has 0 fully saturated rings. The molecule has 0 aromatic rings. The predicted molar refractivity (Wildman–Crippen MR) is 78.5 cm³/mol. The summed E-state index contributed by atoms with van der Waals surface area (Å²) in [6.07, 6.45) is 7.05. The van der Waals surface area contributed by atoms with Crippen LogP contribution in [0, 0.1) is 11.8 Å². The topological polar surface area (TPSA) is 78.4 Å². The summed E-state index contributed by atoms with van der Waals surface area (Å²) in [6, 6.07) is -0.267. The van der Waals surface area contributed by atoms with Crippen LogP contribution in [-0.2, 0) is 4.79 Å². The lowest BCUT2D eigenvalue weighted by Gasteiger charge is -2.17. The van der Waals surface area contributed by atoms with Crippen molar-refractivity contribution in [3.63, 3.8) is 0 Å². The monoisotopic (exact) mass is 282 g/mol. The molecule has 0 heterocycles. The average Bonchev–Trinajstić information content (AvgIpc) is 2.76. The molecular weight excluding hydrogens is 256 g/mol. The number of carboxylic acids is 1. The van der Waals surface area contributed by atoms with Crippen molar-refractivity contribution in [2.75, 3.05) is 0 Å². The van der Waals surface area contributed by atoms with E-state index in [-0.39, 0.29) is 18.1 Å². The fraction of sp³-hybridized carbons (Fsp3) is 0.733. The number of aliphatic carboxylic acids is 1. The Morgan fingerprint density at radius 2 is 1.95 bits per heavy atom. The van der Waals surface area contributed by atoms with Gasteiger partial charge >= 0.3 is 12.0 Å². The van der Waals surface area contributed by atoms with Gasteiger partial charge in [-0.15, -0.1) is 0 Å². The number of urea groups is 1. The van der Waals surface area contributed by atoms with Gasteiger partial charge in [-0.1, -0.05) is 38.8 Å². The first-order valence-corrected chi connectivity index (χ1v) is 7.36. The van der Waals surface area contributed by atoms with Gasteiger partial charge in [0, 0.05) is 6.04 Å². The summed E-state index contributed by atoms with van der Waals surface area (Å²) >= 11 is 0. The summed E-state index contributed by atoms with van der Waals surface area (Å²) in [6.45, 7) is 6.37. The van der Waals surface area contributed by atoms with Gasteiger partial charge in [-0.2, -0.15) is 0 Å². The van der Waals surface area contributed by atoms with Gasteiger partial charge < -0.3 is 15.7 Å². The van der Waals surface area contributed by atoms with Crippen LogP contribution in [0.2, 0.25) is 0 Å². The molecule has 1 aliphatic carbocycles. The number of rotatable bonds is 7. The summed E-state index contributed by atoms with van der Waals surface area (Å²) in [7, 11) is 0. The van der Waals surface area contributed by atoms with Crippen LogP contribution in [0.4, 0.5) is 4.79 Å². The fourth-order valence-corrected chi connectivity index (χ4v) is 2.33. The maximum absolute atomic E-state index is 11.8. The smallest absolute Gasteiger partial charge is 0.315 e. The van der Waals surface area contributed by atoms with E-state index in [1.165, 1.54) is 6.42 Å². The minimum absolute atomic E-state index is 0.134. The van der Waals surface area contributed by atoms with E-state index >= 15 is 0 Å². The average molecular weight is 282 g/mol. The van der Waals surface area contributed by atoms with Crippen molar-refractivity contribution >= 4 is 12.0 Å². The van der Waals surface area contributed by atoms with Crippen molar-refractivity contribution in [3.8, 4) is 0 Å². The van der Waals surface area contributed by atoms with E-state index in [4.69, 9.17) is 5.11 Å². The number of carbonyl (C=O) groups is 2. The molecule has 3 N–H and O–H groups in total. The highest BCUT2D eigenvalue weighted by Crippen LogP contribution is 2.17. The third-order valence-electron chi connectivity index (χ3n) is 3.51. The highest BCUT2D eigenvalue weighted by molar-refractivity contribution is 5.76. The Kier molecular flexibility index (Phi) is 6.55. The summed E-state index contributed by atoms with van der Waals surface area (Å²) in [5.74, 6) is -0.635. The molecule has 5 nitrogen and oxygen atoms in total. The van der Waals surface area contributed by atoms with Crippen LogP contribution in [0.25, 0.3) is 0 Å². The quantitative estimate of drug-likeness (QED) is 0.628. The van der Waals surface area contributed by atoms with E-state index in [9.17, 15) is 9.59 Å². The maximum atomic E-state index is 11.8. The third-order valence-corrected chi connectivity index (χ3v) is 3.51. The molecule has 20 heavy (non-hydrogen) atoms. The van der Waals surface area contributed by atoms with Crippen molar-refractivity contribution < 1.29 is 14.7 Å². The van der Waals surface area contributed by atoms with Crippen molar-refractivity contribution in [1.82, 2.24) is 10.6 Å². The molecular formula is C15H26N2O3. The molecule has 3 atom stereocenters. The SMILES string of the molecule is CC(C)CCCC(C)NC(=O)NC1C=CC(C(=O)O)C1. The minimum Gasteiger partial charge on any atom is -0.481 e. The predicted octanol–water partition coefficient (Wildman–Crippen LogP) is 2.53. The Hall–Kier alpha value is -1.52. The number of carboxylic acid groups (broad SMARTS) is 1. The van der Waals surface area contributed by atoms with E-state index in [0.717, 1.165) is 12.8 Å². The molecule has 0 spiro atoms. The van der Waals surface area contributed by atoms with Gasteiger partial charge in [-0.25, -0.2) is 4.79 Å². The molecule has 0 aliphatic heterocycles. The maximum Gasteiger partial charge on any atom is 0.315 e. The second-order valence-electron chi connectivity index (χ2n) is 6.02. The molecule has 1 rings (SSSR count). The van der Waals surface area contributed by atoms with Gasteiger partial charge in [-0.3, -0.25) is 4.79 Å². The van der Waals surface area contributed by atoms with Crippen molar-refractivity contribution in [3.05, 3.63) is 12.2 Å². The lowest BCUT2D eigenvalue weighted by molar-refractivity contribution is -0.140. The Morgan fingerprint density at radius 3 is 2.50 bits per heavy atom. The number of hydrogen-bond acceptors (Lipinski definition) is 2. The molecule has 5 heteroatoms. The van der Waals surface area contributed by atoms with Gasteiger partial charge in [-0.05, 0) is 25.7 Å². The molecule has 2 amide bonds. The van der Waals surface area contributed by atoms with E-state index in [1.54, 1.807) is 12.2 Å². The molecule has 114 valence electrons. The van der Waals surface area contributed by atoms with Crippen LogP contribution in [0.1, 0.15) is 46.5 Å². The fourth-order valence-electron chi connectivity index (χ4n) is 2.33. The Bertz CT molecular complexity index is 366. The van der Waals surface area contributed by atoms with Crippen LogP contribution < -0.4 is 10.6 Å². The van der Waals surface area contributed by atoms with E-state index < -0.39 is 11.9 Å². The summed E-state index contributed by atoms with van der Waals surface area (Å²) in [4.78, 5) is 22.6. The van der Waals surface area contributed by atoms with E-state index in [2.05, 4.69) is 24.5 Å². The number of hydrogen-bond donors (Lipinski definition) is 3. The normalized spacial score (nSPS) is 22.8. The first kappa shape index (κ1) is 16.5. The molecule has 0 saturated carbocycles. The van der Waals surface area contributed by atoms with Crippen LogP contribution in [0.3, 0.4) is 0 Å². The summed E-state index contributed by atoms with van der Waals surface area (Å²) in [5.41, 5.74) is 0. The molecule has 0 radical (unpaired) electrons. The molecule has 1 aliphatic rings. The number of amides is 2. The van der Waals surface area contributed by atoms with Crippen molar-refractivity contribution in [1.29, 1.82) is 0 Å². The standard InChI is InChI=1S/C15H26N2O3/c1-10(2)5-4-6-11(3)16-15(20)17-13-8-7-12(9-13)14(18)19/h7-8,10-13H,4-6,9H2,1-3H3,(H,18,19)(H2,16,17,20). The van der Waals surface area contributed by atoms with Gasteiger partial charge in [0.05, 0.1) is 12.0 Å².